The summed E-state index contributed by atoms with van der Waals surface area (Å²) in [6.45, 7) is 0.583. The molecule has 22 heavy (non-hydrogen) atoms. The highest BCUT2D eigenvalue weighted by molar-refractivity contribution is 9.10. The number of benzene rings is 1. The molecule has 1 unspecified atom stereocenters. The Hall–Kier alpha value is -0.890. The number of alkyl halides is 1. The SMILES string of the molecule is CSc1ccc2c3c1O[C@@H](F)c1c(Br)c(Cl)cn1C3NCN2. The van der Waals surface area contributed by atoms with Crippen molar-refractivity contribution in [2.24, 2.45) is 0 Å². The van der Waals surface area contributed by atoms with Gasteiger partial charge in [-0.1, -0.05) is 11.6 Å². The van der Waals surface area contributed by atoms with Crippen LogP contribution in [-0.2, 0) is 0 Å². The van der Waals surface area contributed by atoms with Crippen molar-refractivity contribution in [1.29, 1.82) is 0 Å². The quantitative estimate of drug-likeness (QED) is 0.686. The zero-order chi connectivity index (χ0) is 15.4. The minimum atomic E-state index is -1.59. The molecule has 0 amide bonds. The van der Waals surface area contributed by atoms with Gasteiger partial charge < -0.3 is 14.6 Å². The van der Waals surface area contributed by atoms with Crippen molar-refractivity contribution in [2.75, 3.05) is 18.2 Å². The molecule has 2 aliphatic heterocycles. The predicted molar refractivity (Wildman–Crippen MR) is 89.6 cm³/mol. The molecule has 0 bridgehead atoms. The zero-order valence-corrected chi connectivity index (χ0v) is 14.6. The number of nitrogens with zero attached hydrogens (tertiary/aromatic N) is 1. The van der Waals surface area contributed by atoms with E-state index in [1.165, 1.54) is 11.8 Å². The first-order chi connectivity index (χ1) is 10.6. The van der Waals surface area contributed by atoms with Crippen LogP contribution in [0, 0.1) is 0 Å². The van der Waals surface area contributed by atoms with E-state index in [0.717, 1.165) is 16.1 Å². The molecule has 0 fully saturated rings. The Morgan fingerprint density at radius 1 is 1.50 bits per heavy atom. The first-order valence-electron chi connectivity index (χ1n) is 6.66. The van der Waals surface area contributed by atoms with Gasteiger partial charge in [-0.15, -0.1) is 11.8 Å². The van der Waals surface area contributed by atoms with Crippen molar-refractivity contribution in [3.8, 4) is 5.75 Å². The second kappa shape index (κ2) is 5.33. The van der Waals surface area contributed by atoms with Gasteiger partial charge in [-0.25, -0.2) is 0 Å². The molecule has 116 valence electrons. The highest BCUT2D eigenvalue weighted by atomic mass is 79.9. The molecule has 4 rings (SSSR count). The highest BCUT2D eigenvalue weighted by Crippen LogP contribution is 2.48. The van der Waals surface area contributed by atoms with E-state index in [2.05, 4.69) is 26.6 Å². The summed E-state index contributed by atoms with van der Waals surface area (Å²) < 4.78 is 22.8. The van der Waals surface area contributed by atoms with Gasteiger partial charge in [0, 0.05) is 16.8 Å². The Morgan fingerprint density at radius 2 is 2.32 bits per heavy atom. The van der Waals surface area contributed by atoms with E-state index < -0.39 is 6.36 Å². The fraction of sp³-hybridized carbons (Fsp3) is 0.286. The van der Waals surface area contributed by atoms with Crippen LogP contribution in [0.4, 0.5) is 10.1 Å². The van der Waals surface area contributed by atoms with Gasteiger partial charge in [0.25, 0.3) is 6.36 Å². The summed E-state index contributed by atoms with van der Waals surface area (Å²) in [5.74, 6) is 0.578. The van der Waals surface area contributed by atoms with Crippen molar-refractivity contribution < 1.29 is 9.13 Å². The van der Waals surface area contributed by atoms with Gasteiger partial charge >= 0.3 is 0 Å². The van der Waals surface area contributed by atoms with Gasteiger partial charge in [0.15, 0.2) is 0 Å². The predicted octanol–water partition coefficient (Wildman–Crippen LogP) is 4.51. The van der Waals surface area contributed by atoms with Gasteiger partial charge in [-0.05, 0) is 34.3 Å². The van der Waals surface area contributed by atoms with E-state index >= 15 is 0 Å². The summed E-state index contributed by atoms with van der Waals surface area (Å²) in [6, 6.07) is 3.95. The lowest BCUT2D eigenvalue weighted by molar-refractivity contribution is 0.0598. The summed E-state index contributed by atoms with van der Waals surface area (Å²) in [5.41, 5.74) is 2.23. The molecule has 3 heterocycles. The van der Waals surface area contributed by atoms with Crippen molar-refractivity contribution in [2.45, 2.75) is 17.4 Å². The van der Waals surface area contributed by atoms with Crippen molar-refractivity contribution in [3.05, 3.63) is 39.1 Å². The van der Waals surface area contributed by atoms with Crippen LogP contribution in [0.3, 0.4) is 0 Å². The number of hydrogen-bond donors (Lipinski definition) is 2. The molecule has 2 aromatic rings. The summed E-state index contributed by atoms with van der Waals surface area (Å²) in [4.78, 5) is 0.907. The third-order valence-corrected chi connectivity index (χ3v) is 6.02. The lowest BCUT2D eigenvalue weighted by atomic mass is 10.1. The monoisotopic (exact) mass is 403 g/mol. The van der Waals surface area contributed by atoms with E-state index in [1.54, 1.807) is 10.8 Å². The molecule has 4 nitrogen and oxygen atoms in total. The zero-order valence-electron chi connectivity index (χ0n) is 11.5. The number of anilines is 1. The van der Waals surface area contributed by atoms with Crippen LogP contribution in [0.25, 0.3) is 0 Å². The van der Waals surface area contributed by atoms with Crippen LogP contribution in [0.1, 0.15) is 23.8 Å². The van der Waals surface area contributed by atoms with Gasteiger partial charge in [-0.3, -0.25) is 5.32 Å². The van der Waals surface area contributed by atoms with E-state index in [9.17, 15) is 4.39 Å². The largest absolute Gasteiger partial charge is 0.453 e. The summed E-state index contributed by atoms with van der Waals surface area (Å²) in [5, 5.41) is 7.07. The molecule has 1 aromatic carbocycles. The molecule has 0 saturated heterocycles. The molecule has 2 aliphatic rings. The van der Waals surface area contributed by atoms with Crippen LogP contribution < -0.4 is 15.4 Å². The fourth-order valence-electron chi connectivity index (χ4n) is 2.94. The van der Waals surface area contributed by atoms with Crippen LogP contribution in [-0.4, -0.2) is 17.5 Å². The summed E-state index contributed by atoms with van der Waals surface area (Å²) >= 11 is 11.1. The molecule has 0 saturated carbocycles. The molecular formula is C14H12BrClFN3OS. The Morgan fingerprint density at radius 3 is 3.09 bits per heavy atom. The number of fused-ring (bicyclic) bond motifs is 2. The number of hydrogen-bond acceptors (Lipinski definition) is 4. The lowest BCUT2D eigenvalue weighted by Gasteiger charge is -2.30. The summed E-state index contributed by atoms with van der Waals surface area (Å²) in [6.07, 6.45) is 1.86. The average Bonchev–Trinajstić information content (AvgIpc) is 2.75. The van der Waals surface area contributed by atoms with Crippen LogP contribution in [0.15, 0.2) is 27.7 Å². The van der Waals surface area contributed by atoms with Crippen molar-refractivity contribution >= 4 is 45.0 Å². The van der Waals surface area contributed by atoms with Crippen molar-refractivity contribution in [3.63, 3.8) is 0 Å². The lowest BCUT2D eigenvalue weighted by Crippen LogP contribution is -2.36. The minimum Gasteiger partial charge on any atom is -0.453 e. The van der Waals surface area contributed by atoms with Gasteiger partial charge in [0.2, 0.25) is 0 Å². The van der Waals surface area contributed by atoms with Gasteiger partial charge in [0.05, 0.1) is 21.7 Å². The third-order valence-electron chi connectivity index (χ3n) is 3.91. The molecule has 0 aliphatic carbocycles. The average molecular weight is 405 g/mol. The molecular weight excluding hydrogens is 393 g/mol. The van der Waals surface area contributed by atoms with Crippen LogP contribution >= 0.6 is 39.3 Å². The van der Waals surface area contributed by atoms with E-state index in [1.807, 2.05) is 18.4 Å². The topological polar surface area (TPSA) is 38.2 Å². The number of rotatable bonds is 1. The second-order valence-corrected chi connectivity index (χ2v) is 7.08. The number of ether oxygens (including phenoxy) is 1. The standard InChI is InChI=1S/C14H12BrClFN3OS/c1-22-8-3-2-7-9-12(8)21-13(17)11-10(15)6(16)4-20(11)14(9)19-5-18-7/h2-4,13-14,18-19H,5H2,1H3/t13-,14?/m1/s1. The fourth-order valence-corrected chi connectivity index (χ4v) is 4.18. The van der Waals surface area contributed by atoms with Gasteiger partial charge in [-0.2, -0.15) is 4.39 Å². The molecule has 1 aromatic heterocycles. The maximum absolute atomic E-state index is 14.8. The van der Waals surface area contributed by atoms with Crippen molar-refractivity contribution in [1.82, 2.24) is 9.88 Å². The molecule has 0 radical (unpaired) electrons. The Bertz CT molecular complexity index is 769. The van der Waals surface area contributed by atoms with E-state index in [4.69, 9.17) is 16.3 Å². The normalized spacial score (nSPS) is 22.2. The van der Waals surface area contributed by atoms with E-state index in [-0.39, 0.29) is 6.17 Å². The smallest absolute Gasteiger partial charge is 0.280 e. The Kier molecular flexibility index (Phi) is 3.56. The number of aromatic nitrogens is 1. The third kappa shape index (κ3) is 1.99. The van der Waals surface area contributed by atoms with Crippen LogP contribution in [0.5, 0.6) is 5.75 Å². The number of thioether (sulfide) groups is 1. The van der Waals surface area contributed by atoms with Gasteiger partial charge in [0.1, 0.15) is 17.6 Å². The highest BCUT2D eigenvalue weighted by Gasteiger charge is 2.36. The first-order valence-corrected chi connectivity index (χ1v) is 9.06. The molecule has 2 N–H and O–H groups in total. The maximum Gasteiger partial charge on any atom is 0.280 e. The Balaban J connectivity index is 2.02. The Labute approximate surface area is 144 Å². The number of nitrogens with one attached hydrogen (secondary N) is 2. The maximum atomic E-state index is 14.8. The summed E-state index contributed by atoms with van der Waals surface area (Å²) in [7, 11) is 0. The first kappa shape index (κ1) is 14.7. The minimum absolute atomic E-state index is 0.224. The molecule has 0 spiro atoms. The second-order valence-electron chi connectivity index (χ2n) is 5.04. The van der Waals surface area contributed by atoms with E-state index in [0.29, 0.717) is 27.6 Å². The number of halogens is 3. The molecule has 2 atom stereocenters. The molecule has 8 heteroatoms. The van der Waals surface area contributed by atoms with Crippen LogP contribution in [0.2, 0.25) is 5.02 Å².